The molecule has 2 aromatic heterocycles. The molecule has 15 heteroatoms. The van der Waals surface area contributed by atoms with Crippen molar-refractivity contribution in [1.82, 2.24) is 14.9 Å². The molecule has 1 saturated carbocycles. The van der Waals surface area contributed by atoms with E-state index in [1.807, 2.05) is 0 Å². The van der Waals surface area contributed by atoms with Gasteiger partial charge in [0.25, 0.3) is 0 Å². The van der Waals surface area contributed by atoms with Crippen LogP contribution in [-0.4, -0.2) is 83.4 Å². The van der Waals surface area contributed by atoms with Gasteiger partial charge < -0.3 is 34.5 Å². The molecule has 1 saturated heterocycles. The predicted octanol–water partition coefficient (Wildman–Crippen LogP) is 6.44. The summed E-state index contributed by atoms with van der Waals surface area (Å²) in [6.45, 7) is 1.68. The zero-order valence-electron chi connectivity index (χ0n) is 25.9. The quantitative estimate of drug-likeness (QED) is 0.114. The summed E-state index contributed by atoms with van der Waals surface area (Å²) in [5.74, 6) is -2.29. The van der Waals surface area contributed by atoms with E-state index < -0.39 is 44.4 Å². The first-order chi connectivity index (χ1) is 21.7. The summed E-state index contributed by atoms with van der Waals surface area (Å²) >= 11 is 5.30. The molecule has 1 aliphatic heterocycles. The molecule has 3 heterocycles. The van der Waals surface area contributed by atoms with E-state index in [4.69, 9.17) is 26.4 Å². The monoisotopic (exact) mass is 690 g/mol. The number of nitrogens with one attached hydrogen (secondary N) is 2. The Hall–Kier alpha value is -2.72. The number of hydrogen-bond donors (Lipinski definition) is 3. The first-order valence-corrected chi connectivity index (χ1v) is 18.3. The van der Waals surface area contributed by atoms with Crippen molar-refractivity contribution in [3.05, 3.63) is 47.8 Å². The molecule has 0 unspecified atom stereocenters. The number of alkyl halides is 3. The number of aliphatic hydroxyl groups is 1. The van der Waals surface area contributed by atoms with Gasteiger partial charge in [-0.05, 0) is 68.3 Å². The number of halogens is 5. The van der Waals surface area contributed by atoms with Crippen LogP contribution in [0, 0.1) is 17.0 Å². The van der Waals surface area contributed by atoms with Crippen molar-refractivity contribution < 1.29 is 41.3 Å². The van der Waals surface area contributed by atoms with E-state index in [2.05, 4.69) is 34.4 Å². The molecule has 8 nitrogen and oxygen atoms in total. The molecule has 3 N–H and O–H groups in total. The van der Waals surface area contributed by atoms with Gasteiger partial charge >= 0.3 is 6.18 Å². The molecule has 0 bridgehead atoms. The summed E-state index contributed by atoms with van der Waals surface area (Å²) in [7, 11) is -0.837. The van der Waals surface area contributed by atoms with Gasteiger partial charge in [-0.2, -0.15) is 13.2 Å². The predicted molar refractivity (Wildman–Crippen MR) is 173 cm³/mol. The van der Waals surface area contributed by atoms with Crippen LogP contribution in [0.1, 0.15) is 31.2 Å². The van der Waals surface area contributed by atoms with E-state index in [-0.39, 0.29) is 59.3 Å². The largest absolute Gasteiger partial charge is 0.450 e. The topological polar surface area (TPSA) is 89.8 Å². The SMILES string of the molecule is CS(C)(C)CCOCn1cc(C2(C(F)(F)F)CC2)c2c(Oc3c(F)cc(NC(=S)NCC4(CO)CCOCC4)cc3F)ccnc21. The second-order valence-corrected chi connectivity index (χ2v) is 17.9. The van der Waals surface area contributed by atoms with Crippen LogP contribution in [0.4, 0.5) is 27.6 Å². The lowest BCUT2D eigenvalue weighted by Gasteiger charge is -2.35. The number of fused-ring (bicyclic) bond motifs is 1. The van der Waals surface area contributed by atoms with Crippen molar-refractivity contribution in [2.45, 2.75) is 44.0 Å². The van der Waals surface area contributed by atoms with E-state index in [1.165, 1.54) is 23.0 Å². The van der Waals surface area contributed by atoms with Gasteiger partial charge in [-0.3, -0.25) is 0 Å². The fourth-order valence-electron chi connectivity index (χ4n) is 5.51. The number of ether oxygens (including phenoxy) is 3. The van der Waals surface area contributed by atoms with Gasteiger partial charge in [0.2, 0.25) is 0 Å². The van der Waals surface area contributed by atoms with Crippen LogP contribution in [0.3, 0.4) is 0 Å². The summed E-state index contributed by atoms with van der Waals surface area (Å²) < 4.78 is 92.1. The van der Waals surface area contributed by atoms with Crippen LogP contribution in [0.25, 0.3) is 11.0 Å². The number of rotatable bonds is 12. The second kappa shape index (κ2) is 13.4. The van der Waals surface area contributed by atoms with Crippen molar-refractivity contribution in [1.29, 1.82) is 0 Å². The Bertz CT molecular complexity index is 1540. The van der Waals surface area contributed by atoms with Gasteiger partial charge in [0.1, 0.15) is 18.1 Å². The van der Waals surface area contributed by atoms with Crippen molar-refractivity contribution in [3.63, 3.8) is 0 Å². The van der Waals surface area contributed by atoms with Crippen molar-refractivity contribution in [3.8, 4) is 11.5 Å². The van der Waals surface area contributed by atoms with Crippen LogP contribution in [0.15, 0.2) is 30.6 Å². The minimum absolute atomic E-state index is 0.000148. The Morgan fingerprint density at radius 2 is 1.80 bits per heavy atom. The number of hydrogen-bond acceptors (Lipinski definition) is 6. The molecule has 46 heavy (non-hydrogen) atoms. The van der Waals surface area contributed by atoms with Crippen LogP contribution < -0.4 is 15.4 Å². The highest BCUT2D eigenvalue weighted by Crippen LogP contribution is 2.61. The minimum Gasteiger partial charge on any atom is -0.450 e. The molecule has 254 valence electrons. The summed E-state index contributed by atoms with van der Waals surface area (Å²) in [5, 5.41) is 15.7. The Morgan fingerprint density at radius 1 is 1.13 bits per heavy atom. The van der Waals surface area contributed by atoms with E-state index in [0.717, 1.165) is 17.9 Å². The standard InChI is InChI=1S/C31H39F5N4O4S2/c1-46(2,3)13-12-43-19-40-16-21(30(5-6-30)31(34,35)36)25-24(4-9-37-27(25)40)44-26-22(32)14-20(15-23(26)33)39-28(45)38-17-29(18-41)7-10-42-11-8-29/h4,9,14-16,41H,5-8,10-13,17-19H2,1-3H3,(H2,38,39,45). The van der Waals surface area contributed by atoms with Gasteiger partial charge in [0.15, 0.2) is 22.5 Å². The maximum absolute atomic E-state index is 15.3. The first kappa shape index (κ1) is 34.6. The highest BCUT2D eigenvalue weighted by atomic mass is 32.3. The highest BCUT2D eigenvalue weighted by Gasteiger charge is 2.65. The average molecular weight is 691 g/mol. The third-order valence-electron chi connectivity index (χ3n) is 8.58. The summed E-state index contributed by atoms with van der Waals surface area (Å²) in [6.07, 6.45) is 5.57. The summed E-state index contributed by atoms with van der Waals surface area (Å²) in [6, 6.07) is 3.26. The van der Waals surface area contributed by atoms with E-state index in [1.54, 1.807) is 0 Å². The van der Waals surface area contributed by atoms with Gasteiger partial charge in [0, 0.05) is 61.1 Å². The Labute approximate surface area is 271 Å². The van der Waals surface area contributed by atoms with Crippen molar-refractivity contribution in [2.24, 2.45) is 5.41 Å². The van der Waals surface area contributed by atoms with Gasteiger partial charge in [0.05, 0.1) is 24.0 Å². The van der Waals surface area contributed by atoms with Crippen molar-refractivity contribution in [2.75, 3.05) is 62.8 Å². The second-order valence-electron chi connectivity index (χ2n) is 12.9. The zero-order chi connectivity index (χ0) is 33.3. The van der Waals surface area contributed by atoms with E-state index in [9.17, 15) is 18.3 Å². The zero-order valence-corrected chi connectivity index (χ0v) is 27.6. The molecular formula is C31H39F5N4O4S2. The molecule has 2 fully saturated rings. The first-order valence-electron chi connectivity index (χ1n) is 14.9. The maximum Gasteiger partial charge on any atom is 0.398 e. The van der Waals surface area contributed by atoms with Crippen LogP contribution in [0.2, 0.25) is 0 Å². The fourth-order valence-corrected chi connectivity index (χ4v) is 6.32. The molecule has 2 aliphatic rings. The molecule has 0 spiro atoms. The lowest BCUT2D eigenvalue weighted by molar-refractivity contribution is -0.160. The summed E-state index contributed by atoms with van der Waals surface area (Å²) in [4.78, 5) is 4.31. The number of pyridine rings is 1. The number of aromatic nitrogens is 2. The molecule has 3 aromatic rings. The Kier molecular flexibility index (Phi) is 10.1. The Balaban J connectivity index is 1.38. The molecule has 1 aromatic carbocycles. The Morgan fingerprint density at radius 3 is 2.39 bits per heavy atom. The number of aliphatic hydroxyl groups excluding tert-OH is 1. The molecule has 1 aliphatic carbocycles. The van der Waals surface area contributed by atoms with E-state index in [0.29, 0.717) is 39.2 Å². The fraction of sp³-hybridized carbons (Fsp3) is 0.548. The molecule has 0 atom stereocenters. The third-order valence-corrected chi connectivity index (χ3v) is 10.2. The van der Waals surface area contributed by atoms with Gasteiger partial charge in [-0.25, -0.2) is 23.8 Å². The number of benzene rings is 1. The number of nitrogens with zero attached hydrogens (tertiary/aromatic N) is 2. The lowest BCUT2D eigenvalue weighted by atomic mass is 9.81. The molecule has 0 radical (unpaired) electrons. The van der Waals surface area contributed by atoms with Crippen LogP contribution in [0.5, 0.6) is 11.5 Å². The number of anilines is 1. The van der Waals surface area contributed by atoms with Crippen LogP contribution in [-0.2, 0) is 21.6 Å². The third kappa shape index (κ3) is 7.53. The van der Waals surface area contributed by atoms with E-state index >= 15 is 8.78 Å². The molecule has 0 amide bonds. The smallest absolute Gasteiger partial charge is 0.398 e. The summed E-state index contributed by atoms with van der Waals surface area (Å²) in [5.41, 5.74) is -2.44. The average Bonchev–Trinajstić information content (AvgIpc) is 3.73. The molecule has 5 rings (SSSR count). The van der Waals surface area contributed by atoms with Gasteiger partial charge in [-0.1, -0.05) is 0 Å². The lowest BCUT2D eigenvalue weighted by Crippen LogP contribution is -2.44. The van der Waals surface area contributed by atoms with Crippen molar-refractivity contribution >= 4 is 44.1 Å². The van der Waals surface area contributed by atoms with Gasteiger partial charge in [-0.15, -0.1) is 0 Å². The number of thiocarbonyl (C=S) groups is 1. The van der Waals surface area contributed by atoms with Crippen LogP contribution >= 0.6 is 22.2 Å². The maximum atomic E-state index is 15.3. The molecular weight excluding hydrogens is 651 g/mol. The normalized spacial score (nSPS) is 17.9. The highest BCUT2D eigenvalue weighted by molar-refractivity contribution is 8.32. The minimum atomic E-state index is -4.55.